The van der Waals surface area contributed by atoms with Gasteiger partial charge in [-0.25, -0.2) is 15.0 Å². The number of ether oxygens (including phenoxy) is 1. The van der Waals surface area contributed by atoms with Gasteiger partial charge in [0.2, 0.25) is 0 Å². The number of imidazole rings is 1. The quantitative estimate of drug-likeness (QED) is 0.278. The second-order valence-corrected chi connectivity index (χ2v) is 11.2. The normalized spacial score (nSPS) is 16.8. The second kappa shape index (κ2) is 11.6. The summed E-state index contributed by atoms with van der Waals surface area (Å²) in [6.45, 7) is 8.22. The van der Waals surface area contributed by atoms with E-state index in [9.17, 15) is 4.39 Å². The number of nitrogens with one attached hydrogen (secondary N) is 2. The Bertz CT molecular complexity index is 1480. The van der Waals surface area contributed by atoms with Crippen LogP contribution in [0.2, 0.25) is 5.02 Å². The topological polar surface area (TPSA) is 93.0 Å². The van der Waals surface area contributed by atoms with E-state index in [2.05, 4.69) is 30.5 Å². The average Bonchev–Trinajstić information content (AvgIpc) is 3.67. The lowest BCUT2D eigenvalue weighted by Gasteiger charge is -2.26. The van der Waals surface area contributed by atoms with Crippen LogP contribution in [0.5, 0.6) is 5.75 Å². The summed E-state index contributed by atoms with van der Waals surface area (Å²) >= 11 is 6.85. The van der Waals surface area contributed by atoms with E-state index in [4.69, 9.17) is 21.3 Å². The predicted molar refractivity (Wildman–Crippen MR) is 155 cm³/mol. The minimum Gasteiger partial charge on any atom is -0.492 e. The van der Waals surface area contributed by atoms with Crippen molar-refractivity contribution >= 4 is 28.6 Å². The molecule has 1 saturated carbocycles. The first-order chi connectivity index (χ1) is 19.5. The third kappa shape index (κ3) is 5.89. The van der Waals surface area contributed by atoms with Gasteiger partial charge in [-0.2, -0.15) is 0 Å². The van der Waals surface area contributed by atoms with Crippen molar-refractivity contribution in [1.29, 1.82) is 0 Å². The van der Waals surface area contributed by atoms with Crippen molar-refractivity contribution in [2.24, 2.45) is 5.41 Å². The van der Waals surface area contributed by atoms with Crippen LogP contribution in [0.15, 0.2) is 42.9 Å². The van der Waals surface area contributed by atoms with Crippen LogP contribution in [-0.2, 0) is 6.54 Å². The molecule has 0 radical (unpaired) electrons. The maximum Gasteiger partial charge on any atom is 0.166 e. The van der Waals surface area contributed by atoms with E-state index < -0.39 is 0 Å². The summed E-state index contributed by atoms with van der Waals surface area (Å²) < 4.78 is 21.6. The molecule has 6 rings (SSSR count). The fraction of sp³-hybridized carbons (Fsp3) is 0.448. The van der Waals surface area contributed by atoms with Crippen LogP contribution in [0.1, 0.15) is 24.1 Å². The molecule has 2 N–H and O–H groups in total. The Kier molecular flexibility index (Phi) is 7.82. The van der Waals surface area contributed by atoms with Crippen molar-refractivity contribution in [3.05, 3.63) is 59.1 Å². The molecular formula is C29H34ClFN8O. The van der Waals surface area contributed by atoms with Gasteiger partial charge in [0.25, 0.3) is 0 Å². The molecule has 0 atom stereocenters. The van der Waals surface area contributed by atoms with E-state index in [0.29, 0.717) is 47.5 Å². The van der Waals surface area contributed by atoms with Crippen LogP contribution in [0.4, 0.5) is 10.2 Å². The molecule has 0 amide bonds. The predicted octanol–water partition coefficient (Wildman–Crippen LogP) is 4.34. The second-order valence-electron chi connectivity index (χ2n) is 10.8. The lowest BCUT2D eigenvalue weighted by Crippen LogP contribution is -2.44. The summed E-state index contributed by atoms with van der Waals surface area (Å²) in [4.78, 5) is 21.0. The van der Waals surface area contributed by atoms with Crippen LogP contribution in [0, 0.1) is 12.3 Å². The monoisotopic (exact) mass is 564 g/mol. The number of fused-ring (bicyclic) bond motifs is 1. The zero-order chi connectivity index (χ0) is 27.5. The van der Waals surface area contributed by atoms with Crippen molar-refractivity contribution in [2.75, 3.05) is 57.9 Å². The lowest BCUT2D eigenvalue weighted by atomic mass is 10.1. The number of pyridine rings is 1. The molecule has 3 aromatic heterocycles. The van der Waals surface area contributed by atoms with Crippen LogP contribution < -0.4 is 15.4 Å². The van der Waals surface area contributed by atoms with Crippen molar-refractivity contribution in [2.45, 2.75) is 26.3 Å². The Morgan fingerprint density at radius 2 is 1.98 bits per heavy atom. The third-order valence-electron chi connectivity index (χ3n) is 7.76. The zero-order valence-corrected chi connectivity index (χ0v) is 23.4. The Morgan fingerprint density at radius 3 is 2.73 bits per heavy atom. The molecule has 40 heavy (non-hydrogen) atoms. The molecule has 1 saturated heterocycles. The van der Waals surface area contributed by atoms with Crippen molar-refractivity contribution in [3.8, 4) is 17.1 Å². The minimum atomic E-state index is -0.341. The fourth-order valence-corrected chi connectivity index (χ4v) is 5.32. The highest BCUT2D eigenvalue weighted by molar-refractivity contribution is 6.33. The molecule has 1 aliphatic carbocycles. The molecule has 1 aromatic carbocycles. The number of hydrogen-bond acceptors (Lipinski definition) is 8. The van der Waals surface area contributed by atoms with Gasteiger partial charge in [0.15, 0.2) is 17.0 Å². The van der Waals surface area contributed by atoms with Crippen LogP contribution in [0.25, 0.3) is 22.6 Å². The number of benzene rings is 1. The Morgan fingerprint density at radius 1 is 1.12 bits per heavy atom. The molecule has 0 unspecified atom stereocenters. The van der Waals surface area contributed by atoms with Crippen LogP contribution in [0.3, 0.4) is 0 Å². The molecule has 210 valence electrons. The van der Waals surface area contributed by atoms with E-state index in [1.54, 1.807) is 6.20 Å². The van der Waals surface area contributed by atoms with Gasteiger partial charge in [-0.15, -0.1) is 0 Å². The summed E-state index contributed by atoms with van der Waals surface area (Å²) in [5.74, 6) is 1.96. The van der Waals surface area contributed by atoms with Gasteiger partial charge in [-0.1, -0.05) is 11.6 Å². The van der Waals surface area contributed by atoms with Crippen molar-refractivity contribution in [3.63, 3.8) is 0 Å². The Balaban J connectivity index is 1.30. The molecule has 2 fully saturated rings. The van der Waals surface area contributed by atoms with Gasteiger partial charge in [0.1, 0.15) is 24.5 Å². The fourth-order valence-electron chi connectivity index (χ4n) is 5.07. The highest BCUT2D eigenvalue weighted by Crippen LogP contribution is 2.46. The van der Waals surface area contributed by atoms with Gasteiger partial charge in [0, 0.05) is 56.4 Å². The number of nitrogens with zero attached hydrogens (tertiary/aromatic N) is 6. The van der Waals surface area contributed by atoms with Gasteiger partial charge in [-0.3, -0.25) is 14.3 Å². The number of alkyl halides is 1. The first-order valence-corrected chi connectivity index (χ1v) is 14.2. The number of hydrogen-bond donors (Lipinski definition) is 2. The first-order valence-electron chi connectivity index (χ1n) is 13.8. The highest BCUT2D eigenvalue weighted by Gasteiger charge is 2.42. The Hall–Kier alpha value is -3.34. The Labute approximate surface area is 238 Å². The van der Waals surface area contributed by atoms with Crippen molar-refractivity contribution < 1.29 is 9.13 Å². The zero-order valence-electron chi connectivity index (χ0n) is 22.7. The average molecular weight is 565 g/mol. The highest BCUT2D eigenvalue weighted by atomic mass is 35.5. The molecule has 1 aliphatic heterocycles. The third-order valence-corrected chi connectivity index (χ3v) is 8.08. The number of halogens is 2. The van der Waals surface area contributed by atoms with Gasteiger partial charge in [-0.05, 0) is 55.7 Å². The molecular weight excluding hydrogens is 531 g/mol. The molecule has 0 bridgehead atoms. The summed E-state index contributed by atoms with van der Waals surface area (Å²) in [7, 11) is 0. The first kappa shape index (κ1) is 26.9. The van der Waals surface area contributed by atoms with Gasteiger partial charge in [0.05, 0.1) is 23.9 Å². The molecule has 11 heteroatoms. The van der Waals surface area contributed by atoms with E-state index >= 15 is 0 Å². The maximum absolute atomic E-state index is 13.5. The van der Waals surface area contributed by atoms with E-state index in [-0.39, 0.29) is 12.1 Å². The molecule has 9 nitrogen and oxygen atoms in total. The molecule has 2 aliphatic rings. The van der Waals surface area contributed by atoms with E-state index in [1.807, 2.05) is 41.8 Å². The number of aryl methyl sites for hydroxylation is 1. The standard InChI is InChI=1S/C29H34ClFN8O/c1-20-4-7-33-21(14-20)16-39-27(37-25-26(35-19-36-28(25)39)34-18-29(17-31)5-6-29)23-3-2-22(15-24(23)30)40-13-12-38-10-8-32-9-11-38/h2-4,7,14-15,19,32H,5-6,8-13,16-18H2,1H3,(H,34,35,36). The SMILES string of the molecule is Cc1ccnc(Cn2c(-c3ccc(OCCN4CCNCC4)cc3Cl)nc3c(NCC4(CF)CC4)ncnc32)c1. The van der Waals surface area contributed by atoms with Crippen molar-refractivity contribution in [1.82, 2.24) is 34.7 Å². The number of anilines is 1. The smallest absolute Gasteiger partial charge is 0.166 e. The lowest BCUT2D eigenvalue weighted by molar-refractivity contribution is 0.191. The van der Waals surface area contributed by atoms with Gasteiger partial charge < -0.3 is 19.9 Å². The van der Waals surface area contributed by atoms with Gasteiger partial charge >= 0.3 is 0 Å². The maximum atomic E-state index is 13.5. The summed E-state index contributed by atoms with van der Waals surface area (Å²) in [6, 6.07) is 9.72. The summed E-state index contributed by atoms with van der Waals surface area (Å²) in [5, 5.41) is 7.24. The summed E-state index contributed by atoms with van der Waals surface area (Å²) in [6.07, 6.45) is 5.07. The molecule has 4 aromatic rings. The number of rotatable bonds is 11. The van der Waals surface area contributed by atoms with E-state index in [0.717, 1.165) is 68.1 Å². The number of aromatic nitrogens is 5. The largest absolute Gasteiger partial charge is 0.492 e. The summed E-state index contributed by atoms with van der Waals surface area (Å²) in [5.41, 5.74) is 3.75. The number of piperazine rings is 1. The van der Waals surface area contributed by atoms with Crippen LogP contribution in [-0.4, -0.2) is 82.0 Å². The minimum absolute atomic E-state index is 0.293. The molecule has 0 spiro atoms. The molecule has 4 heterocycles. The van der Waals surface area contributed by atoms with Crippen LogP contribution >= 0.6 is 11.6 Å². The van der Waals surface area contributed by atoms with E-state index in [1.165, 1.54) is 6.33 Å².